The first-order valence-corrected chi connectivity index (χ1v) is 13.1. The quantitative estimate of drug-likeness (QED) is 0.180. The number of nitrogens with one attached hydrogen (secondary N) is 1. The van der Waals surface area contributed by atoms with Crippen LogP contribution in [0.5, 0.6) is 0 Å². The van der Waals surface area contributed by atoms with Gasteiger partial charge in [-0.05, 0) is 29.7 Å². The number of carbonyl (C=O) groups is 2. The summed E-state index contributed by atoms with van der Waals surface area (Å²) in [4.78, 5) is 29.1. The number of hydrogen-bond acceptors (Lipinski definition) is 4. The lowest BCUT2D eigenvalue weighted by molar-refractivity contribution is -0.190. The summed E-state index contributed by atoms with van der Waals surface area (Å²) >= 11 is 0. The zero-order valence-electron chi connectivity index (χ0n) is 21.2. The average Bonchev–Trinajstić information content (AvgIpc) is 2.86. The molecule has 0 saturated heterocycles. The number of aliphatic carboxylic acids is 1. The normalized spacial score (nSPS) is 11.0. The third-order valence-electron chi connectivity index (χ3n) is 5.94. The van der Waals surface area contributed by atoms with E-state index in [2.05, 4.69) is 12.2 Å². The molecule has 0 fully saturated rings. The number of rotatable bonds is 19. The van der Waals surface area contributed by atoms with Crippen LogP contribution in [0.2, 0.25) is 0 Å². The van der Waals surface area contributed by atoms with E-state index in [1.54, 1.807) is 11.1 Å². The Kier molecular flexibility index (Phi) is 14.4. The minimum atomic E-state index is -1.02. The second kappa shape index (κ2) is 17.7. The van der Waals surface area contributed by atoms with Crippen molar-refractivity contribution in [3.8, 4) is 0 Å². The van der Waals surface area contributed by atoms with Gasteiger partial charge in [0.25, 0.3) is 5.91 Å². The lowest BCUT2D eigenvalue weighted by Crippen LogP contribution is -2.27. The molecule has 0 spiro atoms. The summed E-state index contributed by atoms with van der Waals surface area (Å²) in [6.07, 6.45) is 12.7. The molecule has 0 aliphatic carbocycles. The van der Waals surface area contributed by atoms with Crippen LogP contribution in [0.3, 0.4) is 0 Å². The maximum atomic E-state index is 12.6. The van der Waals surface area contributed by atoms with Crippen molar-refractivity contribution in [2.45, 2.75) is 84.2 Å². The van der Waals surface area contributed by atoms with Crippen molar-refractivity contribution < 1.29 is 19.5 Å². The standard InChI is InChI=1S/C29H42N2O4/c1-2-3-4-5-6-7-8-9-10-14-20-30-29(34)27-19-15-18-26(21-27)23-31(35-24-28(32)33)22-25-16-12-11-13-17-25/h11-13,15-19,21H,2-10,14,20,22-24H2,1H3,(H,30,34)(H,32,33). The molecule has 0 aromatic heterocycles. The minimum absolute atomic E-state index is 0.0798. The fraction of sp³-hybridized carbons (Fsp3) is 0.517. The molecule has 6 nitrogen and oxygen atoms in total. The number of nitrogens with zero attached hydrogens (tertiary/aromatic N) is 1. The monoisotopic (exact) mass is 482 g/mol. The Hall–Kier alpha value is -2.70. The van der Waals surface area contributed by atoms with Crippen LogP contribution >= 0.6 is 0 Å². The Morgan fingerprint density at radius 3 is 2.06 bits per heavy atom. The average molecular weight is 483 g/mol. The maximum absolute atomic E-state index is 12.6. The van der Waals surface area contributed by atoms with E-state index in [9.17, 15) is 9.59 Å². The zero-order chi connectivity index (χ0) is 25.1. The van der Waals surface area contributed by atoms with E-state index < -0.39 is 12.6 Å². The van der Waals surface area contributed by atoms with Crippen molar-refractivity contribution >= 4 is 11.9 Å². The predicted molar refractivity (Wildman–Crippen MR) is 140 cm³/mol. The molecule has 0 saturated carbocycles. The smallest absolute Gasteiger partial charge is 0.331 e. The summed E-state index contributed by atoms with van der Waals surface area (Å²) in [6, 6.07) is 17.2. The Morgan fingerprint density at radius 1 is 0.800 bits per heavy atom. The molecule has 1 amide bonds. The van der Waals surface area contributed by atoms with Gasteiger partial charge in [-0.2, -0.15) is 5.06 Å². The summed E-state index contributed by atoms with van der Waals surface area (Å²) in [5.41, 5.74) is 2.51. The Labute approximate surface area is 210 Å². The molecule has 0 unspecified atom stereocenters. The van der Waals surface area contributed by atoms with E-state index in [0.29, 0.717) is 25.2 Å². The summed E-state index contributed by atoms with van der Waals surface area (Å²) in [7, 11) is 0. The van der Waals surface area contributed by atoms with Crippen molar-refractivity contribution in [2.24, 2.45) is 0 Å². The first-order valence-electron chi connectivity index (χ1n) is 13.1. The highest BCUT2D eigenvalue weighted by Gasteiger charge is 2.12. The second-order valence-corrected chi connectivity index (χ2v) is 9.09. The molecular formula is C29H42N2O4. The van der Waals surface area contributed by atoms with E-state index in [1.165, 1.54) is 51.4 Å². The maximum Gasteiger partial charge on any atom is 0.331 e. The van der Waals surface area contributed by atoms with Gasteiger partial charge in [-0.1, -0.05) is 107 Å². The number of carboxylic acids is 1. The molecule has 2 N–H and O–H groups in total. The summed E-state index contributed by atoms with van der Waals surface area (Å²) in [5, 5.41) is 13.6. The Balaban J connectivity index is 1.74. The van der Waals surface area contributed by atoms with Crippen molar-refractivity contribution in [2.75, 3.05) is 13.2 Å². The lowest BCUT2D eigenvalue weighted by atomic mass is 10.1. The van der Waals surface area contributed by atoms with Gasteiger partial charge in [-0.3, -0.25) is 9.63 Å². The van der Waals surface area contributed by atoms with Crippen molar-refractivity contribution in [3.63, 3.8) is 0 Å². The van der Waals surface area contributed by atoms with Crippen LogP contribution in [-0.2, 0) is 22.7 Å². The summed E-state index contributed by atoms with van der Waals surface area (Å²) in [6.45, 7) is 3.34. The summed E-state index contributed by atoms with van der Waals surface area (Å²) in [5.74, 6) is -1.10. The van der Waals surface area contributed by atoms with Gasteiger partial charge in [0.1, 0.15) is 0 Å². The summed E-state index contributed by atoms with van der Waals surface area (Å²) < 4.78 is 0. The van der Waals surface area contributed by atoms with Crippen molar-refractivity contribution in [3.05, 3.63) is 71.3 Å². The first-order chi connectivity index (χ1) is 17.1. The number of amides is 1. The van der Waals surface area contributed by atoms with E-state index in [4.69, 9.17) is 9.94 Å². The second-order valence-electron chi connectivity index (χ2n) is 9.09. The third kappa shape index (κ3) is 13.1. The van der Waals surface area contributed by atoms with Gasteiger partial charge >= 0.3 is 5.97 Å². The lowest BCUT2D eigenvalue weighted by Gasteiger charge is -2.21. The highest BCUT2D eigenvalue weighted by Crippen LogP contribution is 2.13. The van der Waals surface area contributed by atoms with Crippen LogP contribution in [0.15, 0.2) is 54.6 Å². The molecule has 2 aromatic rings. The van der Waals surface area contributed by atoms with Crippen LogP contribution < -0.4 is 5.32 Å². The zero-order valence-corrected chi connectivity index (χ0v) is 21.2. The molecule has 0 aliphatic rings. The van der Waals surface area contributed by atoms with E-state index >= 15 is 0 Å². The van der Waals surface area contributed by atoms with Crippen LogP contribution in [0.1, 0.15) is 92.6 Å². The van der Waals surface area contributed by atoms with Crippen LogP contribution in [0.25, 0.3) is 0 Å². The highest BCUT2D eigenvalue weighted by atomic mass is 16.7. The molecule has 0 bridgehead atoms. The van der Waals surface area contributed by atoms with E-state index in [0.717, 1.165) is 24.0 Å². The molecular weight excluding hydrogens is 440 g/mol. The molecule has 0 radical (unpaired) electrons. The number of unbranched alkanes of at least 4 members (excludes halogenated alkanes) is 9. The number of carbonyl (C=O) groups excluding carboxylic acids is 1. The van der Waals surface area contributed by atoms with Gasteiger partial charge in [0.15, 0.2) is 6.61 Å². The number of carboxylic acid groups (broad SMARTS) is 1. The van der Waals surface area contributed by atoms with Crippen LogP contribution in [-0.4, -0.2) is 35.2 Å². The molecule has 2 rings (SSSR count). The third-order valence-corrected chi connectivity index (χ3v) is 5.94. The number of benzene rings is 2. The molecule has 6 heteroatoms. The van der Waals surface area contributed by atoms with E-state index in [-0.39, 0.29) is 5.91 Å². The van der Waals surface area contributed by atoms with Gasteiger partial charge < -0.3 is 10.4 Å². The molecule has 0 atom stereocenters. The Morgan fingerprint density at radius 2 is 1.40 bits per heavy atom. The topological polar surface area (TPSA) is 78.9 Å². The van der Waals surface area contributed by atoms with Gasteiger partial charge in [0.2, 0.25) is 0 Å². The van der Waals surface area contributed by atoms with Crippen LogP contribution in [0.4, 0.5) is 0 Å². The molecule has 0 heterocycles. The van der Waals surface area contributed by atoms with Gasteiger partial charge in [-0.25, -0.2) is 4.79 Å². The predicted octanol–water partition coefficient (Wildman–Crippen LogP) is 6.36. The van der Waals surface area contributed by atoms with E-state index in [1.807, 2.05) is 48.5 Å². The molecule has 0 aliphatic heterocycles. The van der Waals surface area contributed by atoms with Gasteiger partial charge in [0, 0.05) is 25.2 Å². The fourth-order valence-corrected chi connectivity index (χ4v) is 4.01. The molecule has 35 heavy (non-hydrogen) atoms. The van der Waals surface area contributed by atoms with Gasteiger partial charge in [-0.15, -0.1) is 0 Å². The first kappa shape index (κ1) is 28.5. The number of hydrogen-bond donors (Lipinski definition) is 2. The Bertz CT molecular complexity index is 857. The minimum Gasteiger partial charge on any atom is -0.479 e. The largest absolute Gasteiger partial charge is 0.479 e. The molecule has 192 valence electrons. The number of hydroxylamine groups is 2. The van der Waals surface area contributed by atoms with Crippen molar-refractivity contribution in [1.82, 2.24) is 10.4 Å². The molecule has 2 aromatic carbocycles. The fourth-order valence-electron chi connectivity index (χ4n) is 4.01. The highest BCUT2D eigenvalue weighted by molar-refractivity contribution is 5.94. The van der Waals surface area contributed by atoms with Crippen molar-refractivity contribution in [1.29, 1.82) is 0 Å². The van der Waals surface area contributed by atoms with Crippen LogP contribution in [0, 0.1) is 0 Å². The SMILES string of the molecule is CCCCCCCCCCCCNC(=O)c1cccc(CN(Cc2ccccc2)OCC(=O)O)c1. The van der Waals surface area contributed by atoms with Gasteiger partial charge in [0.05, 0.1) is 0 Å².